The van der Waals surface area contributed by atoms with Gasteiger partial charge in [-0.05, 0) is 39.9 Å². The minimum atomic E-state index is -0.411. The molecule has 0 aromatic heterocycles. The maximum Gasteiger partial charge on any atom is 0.230 e. The lowest BCUT2D eigenvalue weighted by atomic mass is 9.81. The Morgan fingerprint density at radius 1 is 1.15 bits per heavy atom. The molecule has 20 heavy (non-hydrogen) atoms. The lowest BCUT2D eigenvalue weighted by Crippen LogP contribution is -2.49. The Kier molecular flexibility index (Phi) is 9.80. The van der Waals surface area contributed by atoms with E-state index in [0.717, 1.165) is 32.4 Å². The van der Waals surface area contributed by atoms with Crippen molar-refractivity contribution in [2.75, 3.05) is 54.0 Å². The Morgan fingerprint density at radius 2 is 1.75 bits per heavy atom. The fraction of sp³-hybridized carbons (Fsp3) is 0.933. The van der Waals surface area contributed by atoms with Crippen LogP contribution in [0.2, 0.25) is 0 Å². The van der Waals surface area contributed by atoms with E-state index < -0.39 is 5.41 Å². The van der Waals surface area contributed by atoms with E-state index in [4.69, 9.17) is 10.5 Å². The quantitative estimate of drug-likeness (QED) is 0.620. The van der Waals surface area contributed by atoms with Crippen molar-refractivity contribution in [3.05, 3.63) is 0 Å². The molecule has 2 N–H and O–H groups in total. The molecular weight excluding hydrogens is 254 g/mol. The van der Waals surface area contributed by atoms with Crippen molar-refractivity contribution < 1.29 is 9.53 Å². The molecular formula is C15H33N3O2. The Balaban J connectivity index is 4.76. The summed E-state index contributed by atoms with van der Waals surface area (Å²) >= 11 is 0. The number of nitrogens with zero attached hydrogens (tertiary/aromatic N) is 2. The molecule has 0 aromatic rings. The van der Waals surface area contributed by atoms with Crippen LogP contribution < -0.4 is 5.73 Å². The van der Waals surface area contributed by atoms with E-state index in [1.54, 1.807) is 7.11 Å². The lowest BCUT2D eigenvalue weighted by Gasteiger charge is -2.35. The van der Waals surface area contributed by atoms with Crippen molar-refractivity contribution in [2.24, 2.45) is 11.1 Å². The van der Waals surface area contributed by atoms with E-state index in [-0.39, 0.29) is 5.91 Å². The number of hydrogen-bond donors (Lipinski definition) is 1. The second kappa shape index (κ2) is 10.1. The van der Waals surface area contributed by atoms with Crippen LogP contribution >= 0.6 is 0 Å². The molecule has 0 aliphatic heterocycles. The third kappa shape index (κ3) is 5.77. The minimum Gasteiger partial charge on any atom is -0.383 e. The maximum atomic E-state index is 12.8. The zero-order valence-corrected chi connectivity index (χ0v) is 13.9. The molecule has 0 atom stereocenters. The highest BCUT2D eigenvalue weighted by Gasteiger charge is 2.36. The Bertz CT molecular complexity index is 258. The monoisotopic (exact) mass is 287 g/mol. The molecule has 0 bridgehead atoms. The van der Waals surface area contributed by atoms with E-state index in [9.17, 15) is 4.79 Å². The molecule has 120 valence electrons. The average molecular weight is 287 g/mol. The van der Waals surface area contributed by atoms with E-state index in [1.807, 2.05) is 32.8 Å². The van der Waals surface area contributed by atoms with E-state index >= 15 is 0 Å². The third-order valence-corrected chi connectivity index (χ3v) is 4.08. The van der Waals surface area contributed by atoms with E-state index in [0.29, 0.717) is 19.7 Å². The summed E-state index contributed by atoms with van der Waals surface area (Å²) in [4.78, 5) is 16.9. The number of methoxy groups -OCH3 is 1. The predicted molar refractivity (Wildman–Crippen MR) is 83.7 cm³/mol. The molecule has 0 aromatic carbocycles. The highest BCUT2D eigenvalue weighted by atomic mass is 16.5. The largest absolute Gasteiger partial charge is 0.383 e. The second-order valence-electron chi connectivity index (χ2n) is 5.63. The van der Waals surface area contributed by atoms with Crippen LogP contribution in [0.5, 0.6) is 0 Å². The van der Waals surface area contributed by atoms with Crippen molar-refractivity contribution in [1.82, 2.24) is 9.80 Å². The smallest absolute Gasteiger partial charge is 0.230 e. The predicted octanol–water partition coefficient (Wildman–Crippen LogP) is 1.18. The van der Waals surface area contributed by atoms with Crippen molar-refractivity contribution >= 4 is 5.91 Å². The van der Waals surface area contributed by atoms with Crippen LogP contribution in [0.15, 0.2) is 0 Å². The molecule has 0 aliphatic rings. The number of hydrogen-bond acceptors (Lipinski definition) is 4. The first-order chi connectivity index (χ1) is 9.47. The van der Waals surface area contributed by atoms with Gasteiger partial charge in [0.25, 0.3) is 0 Å². The van der Waals surface area contributed by atoms with Crippen LogP contribution in [-0.4, -0.2) is 69.7 Å². The molecule has 0 heterocycles. The lowest BCUT2D eigenvalue weighted by molar-refractivity contribution is -0.143. The summed E-state index contributed by atoms with van der Waals surface area (Å²) in [5, 5.41) is 0. The number of rotatable bonds is 11. The van der Waals surface area contributed by atoms with Gasteiger partial charge in [0.05, 0.1) is 12.0 Å². The average Bonchev–Trinajstić information content (AvgIpc) is 2.44. The number of amides is 1. The number of nitrogens with two attached hydrogens (primary N) is 1. The summed E-state index contributed by atoms with van der Waals surface area (Å²) in [6, 6.07) is 0. The molecule has 0 radical (unpaired) electrons. The van der Waals surface area contributed by atoms with Crippen LogP contribution in [-0.2, 0) is 9.53 Å². The first kappa shape index (κ1) is 19.4. The van der Waals surface area contributed by atoms with E-state index in [1.165, 1.54) is 0 Å². The highest BCUT2D eigenvalue weighted by Crippen LogP contribution is 2.27. The van der Waals surface area contributed by atoms with Crippen LogP contribution in [0.1, 0.15) is 33.1 Å². The summed E-state index contributed by atoms with van der Waals surface area (Å²) in [6.07, 6.45) is 2.54. The van der Waals surface area contributed by atoms with Gasteiger partial charge < -0.3 is 20.3 Å². The molecule has 1 amide bonds. The van der Waals surface area contributed by atoms with Gasteiger partial charge in [0.15, 0.2) is 0 Å². The number of carbonyl (C=O) groups excluding carboxylic acids is 1. The van der Waals surface area contributed by atoms with Gasteiger partial charge in [0.2, 0.25) is 5.91 Å². The Labute approximate surface area is 124 Å². The van der Waals surface area contributed by atoms with Crippen LogP contribution in [0, 0.1) is 5.41 Å². The Morgan fingerprint density at radius 3 is 2.15 bits per heavy atom. The van der Waals surface area contributed by atoms with Crippen LogP contribution in [0.25, 0.3) is 0 Å². The second-order valence-corrected chi connectivity index (χ2v) is 5.63. The first-order valence-electron chi connectivity index (χ1n) is 7.60. The molecule has 0 rings (SSSR count). The van der Waals surface area contributed by atoms with Crippen molar-refractivity contribution in [3.8, 4) is 0 Å². The highest BCUT2D eigenvalue weighted by molar-refractivity contribution is 5.83. The van der Waals surface area contributed by atoms with Crippen LogP contribution in [0.3, 0.4) is 0 Å². The molecule has 0 unspecified atom stereocenters. The van der Waals surface area contributed by atoms with Gasteiger partial charge >= 0.3 is 0 Å². The zero-order valence-electron chi connectivity index (χ0n) is 13.9. The van der Waals surface area contributed by atoms with Gasteiger partial charge in [0, 0.05) is 26.7 Å². The molecule has 5 nitrogen and oxygen atoms in total. The zero-order chi connectivity index (χ0) is 15.6. The molecule has 0 saturated heterocycles. The SMILES string of the molecule is CCC(CC)(CN)C(=O)N(CCCN(C)C)CCOC. The minimum absolute atomic E-state index is 0.181. The van der Waals surface area contributed by atoms with Crippen molar-refractivity contribution in [2.45, 2.75) is 33.1 Å². The fourth-order valence-corrected chi connectivity index (χ4v) is 2.36. The van der Waals surface area contributed by atoms with Crippen LogP contribution in [0.4, 0.5) is 0 Å². The summed E-state index contributed by atoms with van der Waals surface area (Å²) in [7, 11) is 5.76. The number of carbonyl (C=O) groups is 1. The first-order valence-corrected chi connectivity index (χ1v) is 7.60. The Hall–Kier alpha value is -0.650. The van der Waals surface area contributed by atoms with Crippen molar-refractivity contribution in [1.29, 1.82) is 0 Å². The molecule has 0 saturated carbocycles. The summed E-state index contributed by atoms with van der Waals surface area (Å²) < 4.78 is 5.13. The topological polar surface area (TPSA) is 58.8 Å². The molecule has 0 spiro atoms. The standard InChI is InChI=1S/C15H33N3O2/c1-6-15(7-2,13-16)14(19)18(11-12-20-5)10-8-9-17(3)4/h6-13,16H2,1-5H3. The molecule has 0 fully saturated rings. The van der Waals surface area contributed by atoms with Gasteiger partial charge in [-0.3, -0.25) is 4.79 Å². The molecule has 0 aliphatic carbocycles. The maximum absolute atomic E-state index is 12.8. The molecule has 5 heteroatoms. The van der Waals surface area contributed by atoms with Crippen molar-refractivity contribution in [3.63, 3.8) is 0 Å². The van der Waals surface area contributed by atoms with Gasteiger partial charge in [-0.1, -0.05) is 13.8 Å². The summed E-state index contributed by atoms with van der Waals surface area (Å²) in [5.41, 5.74) is 5.48. The van der Waals surface area contributed by atoms with Gasteiger partial charge in [-0.2, -0.15) is 0 Å². The summed E-state index contributed by atoms with van der Waals surface area (Å²) in [6.45, 7) is 7.46. The van der Waals surface area contributed by atoms with Gasteiger partial charge in [-0.15, -0.1) is 0 Å². The third-order valence-electron chi connectivity index (χ3n) is 4.08. The number of ether oxygens (including phenoxy) is 1. The van der Waals surface area contributed by atoms with E-state index in [2.05, 4.69) is 4.90 Å². The fourth-order valence-electron chi connectivity index (χ4n) is 2.36. The summed E-state index contributed by atoms with van der Waals surface area (Å²) in [5.74, 6) is 0.181. The van der Waals surface area contributed by atoms with Gasteiger partial charge in [-0.25, -0.2) is 0 Å². The van der Waals surface area contributed by atoms with Gasteiger partial charge in [0.1, 0.15) is 0 Å². The normalized spacial score (nSPS) is 11.9.